The van der Waals surface area contributed by atoms with Crippen molar-refractivity contribution in [3.63, 3.8) is 0 Å². The molecule has 1 aliphatic rings. The third-order valence-corrected chi connectivity index (χ3v) is 7.14. The third-order valence-electron chi connectivity index (χ3n) is 7.14. The Hall–Kier alpha value is -2.93. The Morgan fingerprint density at radius 3 is 2.55 bits per heavy atom. The summed E-state index contributed by atoms with van der Waals surface area (Å²) in [5, 5.41) is 33.3. The van der Waals surface area contributed by atoms with Crippen LogP contribution in [0.15, 0.2) is 42.5 Å². The second-order valence-electron chi connectivity index (χ2n) is 11.1. The minimum atomic E-state index is -1.24. The van der Waals surface area contributed by atoms with Gasteiger partial charge in [-0.2, -0.15) is 0 Å². The number of rotatable bonds is 12. The number of hydrogen-bond acceptors (Lipinski definition) is 7. The van der Waals surface area contributed by atoms with Crippen molar-refractivity contribution in [1.82, 2.24) is 10.2 Å². The quantitative estimate of drug-likeness (QED) is 0.300. The van der Waals surface area contributed by atoms with Crippen LogP contribution in [0.1, 0.15) is 62.5 Å². The number of aliphatic hydroxyl groups is 3. The van der Waals surface area contributed by atoms with E-state index in [9.17, 15) is 20.1 Å². The molecule has 218 valence electrons. The predicted molar refractivity (Wildman–Crippen MR) is 155 cm³/mol. The van der Waals surface area contributed by atoms with E-state index in [0.717, 1.165) is 28.8 Å². The zero-order chi connectivity index (χ0) is 29.3. The number of likely N-dealkylation sites (N-methyl/N-ethyl adjacent to an activating group) is 1. The Morgan fingerprint density at radius 1 is 1.15 bits per heavy atom. The predicted octanol–water partition coefficient (Wildman–Crippen LogP) is 2.75. The smallest absolute Gasteiger partial charge is 0.223 e. The first kappa shape index (κ1) is 31.6. The maximum Gasteiger partial charge on any atom is 0.223 e. The first-order valence-corrected chi connectivity index (χ1v) is 13.9. The van der Waals surface area contributed by atoms with Crippen LogP contribution < -0.4 is 10.1 Å². The van der Waals surface area contributed by atoms with Gasteiger partial charge in [0, 0.05) is 12.1 Å². The van der Waals surface area contributed by atoms with Gasteiger partial charge in [-0.05, 0) is 75.0 Å². The van der Waals surface area contributed by atoms with Gasteiger partial charge in [-0.1, -0.05) is 43.2 Å². The molecule has 3 rings (SSSR count). The molecule has 1 aliphatic heterocycles. The first-order chi connectivity index (χ1) is 19.0. The lowest BCUT2D eigenvalue weighted by Gasteiger charge is -2.35. The van der Waals surface area contributed by atoms with Crippen molar-refractivity contribution in [3.8, 4) is 17.6 Å². The van der Waals surface area contributed by atoms with Crippen molar-refractivity contribution in [2.75, 3.05) is 32.8 Å². The highest BCUT2D eigenvalue weighted by atomic mass is 16.5. The number of nitrogens with one attached hydrogen (secondary N) is 1. The number of carbonyl (C=O) groups excluding carboxylic acids is 1. The molecule has 1 fully saturated rings. The van der Waals surface area contributed by atoms with E-state index in [-0.39, 0.29) is 31.1 Å². The summed E-state index contributed by atoms with van der Waals surface area (Å²) >= 11 is 0. The fourth-order valence-corrected chi connectivity index (χ4v) is 4.85. The summed E-state index contributed by atoms with van der Waals surface area (Å²) in [5.74, 6) is 6.64. The van der Waals surface area contributed by atoms with Crippen LogP contribution in [0.3, 0.4) is 0 Å². The third kappa shape index (κ3) is 9.05. The fourth-order valence-electron chi connectivity index (χ4n) is 4.85. The second-order valence-corrected chi connectivity index (χ2v) is 11.1. The van der Waals surface area contributed by atoms with Gasteiger partial charge in [0.25, 0.3) is 0 Å². The largest absolute Gasteiger partial charge is 0.493 e. The monoisotopic (exact) mass is 552 g/mol. The Bertz CT molecular complexity index is 1170. The average molecular weight is 553 g/mol. The van der Waals surface area contributed by atoms with Gasteiger partial charge < -0.3 is 30.1 Å². The van der Waals surface area contributed by atoms with Crippen molar-refractivity contribution in [3.05, 3.63) is 64.7 Å². The highest BCUT2D eigenvalue weighted by molar-refractivity contribution is 5.76. The van der Waals surface area contributed by atoms with Gasteiger partial charge in [-0.15, -0.1) is 5.92 Å². The average Bonchev–Trinajstić information content (AvgIpc) is 2.91. The topological polar surface area (TPSA) is 111 Å². The molecule has 1 amide bonds. The molecule has 0 spiro atoms. The lowest BCUT2D eigenvalue weighted by atomic mass is 9.91. The van der Waals surface area contributed by atoms with E-state index in [4.69, 9.17) is 9.47 Å². The number of nitrogens with zero attached hydrogens (tertiary/aromatic N) is 1. The summed E-state index contributed by atoms with van der Waals surface area (Å²) in [7, 11) is 0. The molecular weight excluding hydrogens is 508 g/mol. The van der Waals surface area contributed by atoms with Crippen molar-refractivity contribution < 1.29 is 29.6 Å². The normalized spacial score (nSPS) is 21.0. The van der Waals surface area contributed by atoms with E-state index in [1.807, 2.05) is 70.2 Å². The van der Waals surface area contributed by atoms with E-state index >= 15 is 0 Å². The molecule has 8 heteroatoms. The van der Waals surface area contributed by atoms with Crippen molar-refractivity contribution >= 4 is 5.91 Å². The van der Waals surface area contributed by atoms with Crippen LogP contribution in [0, 0.1) is 18.8 Å². The lowest BCUT2D eigenvalue weighted by Crippen LogP contribution is -2.51. The first-order valence-electron chi connectivity index (χ1n) is 13.9. The molecule has 2 aromatic carbocycles. The number of carbonyl (C=O) groups is 1. The van der Waals surface area contributed by atoms with Crippen LogP contribution in [0.25, 0.3) is 0 Å². The minimum absolute atomic E-state index is 0.0286. The highest BCUT2D eigenvalue weighted by Crippen LogP contribution is 2.31. The number of amides is 1. The van der Waals surface area contributed by atoms with Gasteiger partial charge >= 0.3 is 0 Å². The van der Waals surface area contributed by atoms with Crippen LogP contribution >= 0.6 is 0 Å². The maximum absolute atomic E-state index is 12.5. The molecule has 0 aliphatic carbocycles. The number of hydrogen-bond donors (Lipinski definition) is 4. The van der Waals surface area contributed by atoms with Crippen LogP contribution in [0.4, 0.5) is 0 Å². The van der Waals surface area contributed by atoms with Crippen molar-refractivity contribution in [1.29, 1.82) is 0 Å². The Labute approximate surface area is 238 Å². The molecule has 1 heterocycles. The van der Waals surface area contributed by atoms with E-state index in [1.165, 1.54) is 0 Å². The van der Waals surface area contributed by atoms with Crippen molar-refractivity contribution in [2.24, 2.45) is 0 Å². The summed E-state index contributed by atoms with van der Waals surface area (Å²) in [5.41, 5.74) is 3.65. The standard InChI is InChI=1S/C32H44N2O6/c1-6-8-16-34(7-2)21-32(4,5)33-28(36)15-17-39-26-13-10-23(11-14-26)18-25-19-24(12-9-22(25)3)31-30(38)29(37)27(35)20-40-31/h9-14,19,27,29-31,35,37-38H,7,15-18,20-21H2,1-5H3,(H,33,36)/t27?,29-,30?,31-/m0/s1. The van der Waals surface area contributed by atoms with E-state index in [0.29, 0.717) is 25.3 Å². The van der Waals surface area contributed by atoms with Crippen LogP contribution in [-0.2, 0) is 16.0 Å². The summed E-state index contributed by atoms with van der Waals surface area (Å²) in [6, 6.07) is 13.6. The van der Waals surface area contributed by atoms with Crippen LogP contribution in [0.5, 0.6) is 5.75 Å². The Morgan fingerprint density at radius 2 is 1.88 bits per heavy atom. The van der Waals surface area contributed by atoms with Gasteiger partial charge in [-0.25, -0.2) is 0 Å². The molecule has 2 aromatic rings. The van der Waals surface area contributed by atoms with Gasteiger partial charge in [-0.3, -0.25) is 9.69 Å². The SMILES string of the molecule is CC#CCN(CC)CC(C)(C)NC(=O)CCOc1ccc(Cc2cc([C@@H]3OCC(O)[C@H](O)C3O)ccc2C)cc1. The molecule has 4 N–H and O–H groups in total. The molecule has 0 bridgehead atoms. The number of ether oxygens (including phenoxy) is 2. The summed E-state index contributed by atoms with van der Waals surface area (Å²) in [4.78, 5) is 14.7. The second kappa shape index (κ2) is 14.6. The summed E-state index contributed by atoms with van der Waals surface area (Å²) < 4.78 is 11.5. The fraction of sp³-hybridized carbons (Fsp3) is 0.531. The van der Waals surface area contributed by atoms with Gasteiger partial charge in [0.15, 0.2) is 0 Å². The van der Waals surface area contributed by atoms with E-state index in [1.54, 1.807) is 0 Å². The summed E-state index contributed by atoms with van der Waals surface area (Å²) in [6.45, 7) is 12.5. The maximum atomic E-state index is 12.5. The lowest BCUT2D eigenvalue weighted by molar-refractivity contribution is -0.189. The molecule has 0 saturated carbocycles. The number of aryl methyl sites for hydroxylation is 1. The Kier molecular flexibility index (Phi) is 11.6. The van der Waals surface area contributed by atoms with Gasteiger partial charge in [0.05, 0.1) is 26.2 Å². The van der Waals surface area contributed by atoms with Gasteiger partial charge in [0.2, 0.25) is 5.91 Å². The molecule has 1 saturated heterocycles. The van der Waals surface area contributed by atoms with Gasteiger partial charge in [0.1, 0.15) is 30.2 Å². The summed E-state index contributed by atoms with van der Waals surface area (Å²) in [6.07, 6.45) is -3.30. The Balaban J connectivity index is 1.51. The minimum Gasteiger partial charge on any atom is -0.493 e. The van der Waals surface area contributed by atoms with E-state index in [2.05, 4.69) is 29.0 Å². The molecule has 4 atom stereocenters. The van der Waals surface area contributed by atoms with Crippen molar-refractivity contribution in [2.45, 2.75) is 77.4 Å². The van der Waals surface area contributed by atoms with Crippen LogP contribution in [-0.4, -0.2) is 82.8 Å². The zero-order valence-corrected chi connectivity index (χ0v) is 24.3. The van der Waals surface area contributed by atoms with Crippen LogP contribution in [0.2, 0.25) is 0 Å². The highest BCUT2D eigenvalue weighted by Gasteiger charge is 2.38. The molecule has 0 radical (unpaired) electrons. The molecule has 2 unspecified atom stereocenters. The molecule has 8 nitrogen and oxygen atoms in total. The molecule has 0 aromatic heterocycles. The number of aliphatic hydroxyl groups excluding tert-OH is 3. The molecule has 40 heavy (non-hydrogen) atoms. The molecular formula is C32H44N2O6. The zero-order valence-electron chi connectivity index (χ0n) is 24.3. The van der Waals surface area contributed by atoms with E-state index < -0.39 is 24.4 Å². The number of benzene rings is 2.